The number of hydrogen-bond acceptors (Lipinski definition) is 5. The summed E-state index contributed by atoms with van der Waals surface area (Å²) < 4.78 is 32.5. The standard InChI is InChI=1S/C23H21N3O5S/c1-16-11-13-17(14-12-16)26-23(28)25(19-8-4-6-10-21(19)32(26,29)30)15-22(27)24-18-7-3-5-9-20(18)31-2/h3-14H,15H2,1-2H3,(H,24,27). The number of fused-ring (bicyclic) bond motifs is 1. The topological polar surface area (TPSA) is 96.0 Å². The molecule has 1 N–H and O–H groups in total. The maximum atomic E-state index is 13.4. The molecule has 0 saturated carbocycles. The molecule has 0 radical (unpaired) electrons. The Morgan fingerprint density at radius 2 is 1.62 bits per heavy atom. The van der Waals surface area contributed by atoms with Crippen LogP contribution in [0, 0.1) is 6.92 Å². The molecule has 0 bridgehead atoms. The molecule has 0 spiro atoms. The summed E-state index contributed by atoms with van der Waals surface area (Å²) in [6, 6.07) is 18.7. The minimum atomic E-state index is -4.15. The number of anilines is 3. The van der Waals surface area contributed by atoms with Gasteiger partial charge in [0.25, 0.3) is 10.0 Å². The van der Waals surface area contributed by atoms with E-state index >= 15 is 0 Å². The van der Waals surface area contributed by atoms with Crippen molar-refractivity contribution in [1.29, 1.82) is 0 Å². The third-order valence-corrected chi connectivity index (χ3v) is 6.78. The Kier molecular flexibility index (Phi) is 5.58. The van der Waals surface area contributed by atoms with Gasteiger partial charge in [0.05, 0.1) is 24.2 Å². The van der Waals surface area contributed by atoms with Gasteiger partial charge in [-0.3, -0.25) is 9.69 Å². The summed E-state index contributed by atoms with van der Waals surface area (Å²) >= 11 is 0. The second-order valence-corrected chi connectivity index (χ2v) is 8.95. The number of sulfonamides is 1. The van der Waals surface area contributed by atoms with Crippen LogP contribution in [0.25, 0.3) is 0 Å². The van der Waals surface area contributed by atoms with Gasteiger partial charge in [-0.2, -0.15) is 4.31 Å². The van der Waals surface area contributed by atoms with Gasteiger partial charge in [0, 0.05) is 0 Å². The fourth-order valence-electron chi connectivity index (χ4n) is 3.48. The SMILES string of the molecule is COc1ccccc1NC(=O)CN1C(=O)N(c2ccc(C)cc2)S(=O)(=O)c2ccccc21. The van der Waals surface area contributed by atoms with E-state index in [2.05, 4.69) is 5.32 Å². The second kappa shape index (κ2) is 8.35. The molecule has 4 rings (SSSR count). The Bertz CT molecular complexity index is 1290. The highest BCUT2D eigenvalue weighted by molar-refractivity contribution is 7.94. The molecule has 3 aromatic carbocycles. The number of rotatable bonds is 5. The molecule has 0 atom stereocenters. The van der Waals surface area contributed by atoms with Crippen molar-refractivity contribution in [2.24, 2.45) is 0 Å². The number of para-hydroxylation sites is 3. The molecule has 3 aromatic rings. The highest BCUT2D eigenvalue weighted by Gasteiger charge is 2.43. The van der Waals surface area contributed by atoms with Crippen LogP contribution in [-0.4, -0.2) is 34.0 Å². The number of urea groups is 1. The van der Waals surface area contributed by atoms with Crippen molar-refractivity contribution in [2.45, 2.75) is 11.8 Å². The number of amides is 3. The van der Waals surface area contributed by atoms with Gasteiger partial charge in [0.1, 0.15) is 17.2 Å². The van der Waals surface area contributed by atoms with E-state index < -0.39 is 22.0 Å². The molecule has 9 heteroatoms. The molecule has 3 amide bonds. The molecule has 1 heterocycles. The van der Waals surface area contributed by atoms with E-state index in [-0.39, 0.29) is 22.8 Å². The Hall–Kier alpha value is -3.85. The van der Waals surface area contributed by atoms with Gasteiger partial charge >= 0.3 is 6.03 Å². The summed E-state index contributed by atoms with van der Waals surface area (Å²) in [5.74, 6) is -0.0316. The monoisotopic (exact) mass is 451 g/mol. The summed E-state index contributed by atoms with van der Waals surface area (Å²) in [5.41, 5.74) is 1.71. The van der Waals surface area contributed by atoms with Crippen LogP contribution in [0.2, 0.25) is 0 Å². The summed E-state index contributed by atoms with van der Waals surface area (Å²) in [7, 11) is -2.66. The average Bonchev–Trinajstić information content (AvgIpc) is 2.78. The molecule has 0 aromatic heterocycles. The zero-order chi connectivity index (χ0) is 22.9. The van der Waals surface area contributed by atoms with Gasteiger partial charge in [-0.1, -0.05) is 42.0 Å². The van der Waals surface area contributed by atoms with Gasteiger partial charge in [-0.15, -0.1) is 0 Å². The highest BCUT2D eigenvalue weighted by atomic mass is 32.2. The van der Waals surface area contributed by atoms with Gasteiger partial charge in [-0.25, -0.2) is 13.2 Å². The lowest BCUT2D eigenvalue weighted by Gasteiger charge is -2.35. The van der Waals surface area contributed by atoms with Crippen LogP contribution >= 0.6 is 0 Å². The van der Waals surface area contributed by atoms with Crippen molar-refractivity contribution in [3.05, 3.63) is 78.4 Å². The van der Waals surface area contributed by atoms with Crippen LogP contribution in [0.15, 0.2) is 77.7 Å². The lowest BCUT2D eigenvalue weighted by Crippen LogP contribution is -2.53. The van der Waals surface area contributed by atoms with Crippen molar-refractivity contribution in [1.82, 2.24) is 0 Å². The average molecular weight is 452 g/mol. The molecule has 0 aliphatic carbocycles. The van der Waals surface area contributed by atoms with E-state index in [4.69, 9.17) is 4.74 Å². The number of ether oxygens (including phenoxy) is 1. The molecule has 0 saturated heterocycles. The lowest BCUT2D eigenvalue weighted by atomic mass is 10.2. The molecule has 164 valence electrons. The molecule has 0 fully saturated rings. The number of carbonyl (C=O) groups is 2. The number of carbonyl (C=O) groups excluding carboxylic acids is 2. The van der Waals surface area contributed by atoms with Crippen molar-refractivity contribution in [3.63, 3.8) is 0 Å². The number of nitrogens with one attached hydrogen (secondary N) is 1. The number of benzene rings is 3. The first-order chi connectivity index (χ1) is 15.3. The van der Waals surface area contributed by atoms with Crippen LogP contribution in [0.5, 0.6) is 5.75 Å². The van der Waals surface area contributed by atoms with E-state index in [0.717, 1.165) is 14.8 Å². The minimum absolute atomic E-state index is 0.0507. The zero-order valence-corrected chi connectivity index (χ0v) is 18.3. The third kappa shape index (κ3) is 3.78. The van der Waals surface area contributed by atoms with Crippen molar-refractivity contribution < 1.29 is 22.7 Å². The van der Waals surface area contributed by atoms with Crippen molar-refractivity contribution in [2.75, 3.05) is 28.2 Å². The normalized spacial score (nSPS) is 14.6. The maximum Gasteiger partial charge on any atom is 0.343 e. The van der Waals surface area contributed by atoms with Crippen LogP contribution in [0.4, 0.5) is 21.9 Å². The quantitative estimate of drug-likeness (QED) is 0.637. The molecule has 1 aliphatic rings. The van der Waals surface area contributed by atoms with Crippen LogP contribution < -0.4 is 19.3 Å². The predicted octanol–water partition coefficient (Wildman–Crippen LogP) is 3.78. The summed E-state index contributed by atoms with van der Waals surface area (Å²) in [4.78, 5) is 27.3. The highest BCUT2D eigenvalue weighted by Crippen LogP contribution is 2.37. The summed E-state index contributed by atoms with van der Waals surface area (Å²) in [6.07, 6.45) is 0. The largest absolute Gasteiger partial charge is 0.495 e. The van der Waals surface area contributed by atoms with E-state index in [9.17, 15) is 18.0 Å². The first-order valence-corrected chi connectivity index (χ1v) is 11.2. The predicted molar refractivity (Wildman–Crippen MR) is 122 cm³/mol. The fourth-order valence-corrected chi connectivity index (χ4v) is 5.07. The number of nitrogens with zero attached hydrogens (tertiary/aromatic N) is 2. The number of methoxy groups -OCH3 is 1. The Morgan fingerprint density at radius 1 is 0.969 bits per heavy atom. The lowest BCUT2D eigenvalue weighted by molar-refractivity contribution is -0.114. The van der Waals surface area contributed by atoms with Gasteiger partial charge in [0.15, 0.2) is 0 Å². The van der Waals surface area contributed by atoms with Gasteiger partial charge in [-0.05, 0) is 43.3 Å². The van der Waals surface area contributed by atoms with Gasteiger partial charge < -0.3 is 10.1 Å². The van der Waals surface area contributed by atoms with Gasteiger partial charge in [0.2, 0.25) is 5.91 Å². The smallest absolute Gasteiger partial charge is 0.343 e. The van der Waals surface area contributed by atoms with E-state index in [0.29, 0.717) is 11.4 Å². The zero-order valence-electron chi connectivity index (χ0n) is 17.5. The van der Waals surface area contributed by atoms with Crippen molar-refractivity contribution in [3.8, 4) is 5.75 Å². The third-order valence-electron chi connectivity index (χ3n) is 5.03. The Labute approximate surface area is 186 Å². The molecule has 1 aliphatic heterocycles. The first-order valence-electron chi connectivity index (χ1n) is 9.78. The van der Waals surface area contributed by atoms with E-state index in [1.54, 1.807) is 60.7 Å². The van der Waals surface area contributed by atoms with E-state index in [1.807, 2.05) is 6.92 Å². The Morgan fingerprint density at radius 3 is 2.34 bits per heavy atom. The van der Waals surface area contributed by atoms with Crippen LogP contribution in [0.1, 0.15) is 5.56 Å². The fraction of sp³-hybridized carbons (Fsp3) is 0.130. The van der Waals surface area contributed by atoms with E-state index in [1.165, 1.54) is 19.2 Å². The van der Waals surface area contributed by atoms with Crippen LogP contribution in [0.3, 0.4) is 0 Å². The molecular weight excluding hydrogens is 430 g/mol. The molecular formula is C23H21N3O5S. The molecule has 0 unspecified atom stereocenters. The minimum Gasteiger partial charge on any atom is -0.495 e. The summed E-state index contributed by atoms with van der Waals surface area (Å²) in [6.45, 7) is 1.48. The number of aryl methyl sites for hydroxylation is 1. The Balaban J connectivity index is 1.72. The second-order valence-electron chi connectivity index (χ2n) is 7.19. The van der Waals surface area contributed by atoms with Crippen molar-refractivity contribution >= 4 is 39.0 Å². The maximum absolute atomic E-state index is 13.4. The molecule has 8 nitrogen and oxygen atoms in total. The summed E-state index contributed by atoms with van der Waals surface area (Å²) in [5, 5.41) is 2.72. The first kappa shape index (κ1) is 21.4. The number of hydrogen-bond donors (Lipinski definition) is 1. The molecule has 32 heavy (non-hydrogen) atoms. The van der Waals surface area contributed by atoms with Crippen LogP contribution in [-0.2, 0) is 14.8 Å².